The predicted molar refractivity (Wildman–Crippen MR) is 60.8 cm³/mol. The average molecular weight is 273 g/mol. The fourth-order valence-electron chi connectivity index (χ4n) is 1.03. The van der Waals surface area contributed by atoms with Gasteiger partial charge in [0, 0.05) is 24.9 Å². The van der Waals surface area contributed by atoms with E-state index in [2.05, 4.69) is 26.2 Å². The number of pyridine rings is 1. The second-order valence-electron chi connectivity index (χ2n) is 2.82. The molecule has 0 aliphatic heterocycles. The van der Waals surface area contributed by atoms with E-state index in [1.54, 1.807) is 18.3 Å². The largest absolute Gasteiger partial charge is 0.380 e. The van der Waals surface area contributed by atoms with E-state index in [-0.39, 0.29) is 5.91 Å². The van der Waals surface area contributed by atoms with E-state index in [1.165, 1.54) is 0 Å². The standard InChI is InChI=1S/C10H13BrN2O2/c1-2-15-6-5-13-10(14)8-3-4-12-9(11)7-8/h3-4,7H,2,5-6H2,1H3,(H,13,14). The molecule has 1 amide bonds. The van der Waals surface area contributed by atoms with Gasteiger partial charge in [0.25, 0.3) is 5.91 Å². The molecular weight excluding hydrogens is 260 g/mol. The molecule has 82 valence electrons. The van der Waals surface area contributed by atoms with E-state index in [0.717, 1.165) is 0 Å². The Morgan fingerprint density at radius 2 is 2.47 bits per heavy atom. The number of ether oxygens (including phenoxy) is 1. The minimum atomic E-state index is -0.113. The van der Waals surface area contributed by atoms with Gasteiger partial charge in [-0.3, -0.25) is 4.79 Å². The average Bonchev–Trinajstić information content (AvgIpc) is 2.24. The van der Waals surface area contributed by atoms with Crippen LogP contribution in [0.3, 0.4) is 0 Å². The maximum Gasteiger partial charge on any atom is 0.251 e. The molecule has 0 aliphatic rings. The fraction of sp³-hybridized carbons (Fsp3) is 0.400. The monoisotopic (exact) mass is 272 g/mol. The molecule has 0 spiro atoms. The van der Waals surface area contributed by atoms with Crippen molar-refractivity contribution in [3.63, 3.8) is 0 Å². The summed E-state index contributed by atoms with van der Waals surface area (Å²) in [4.78, 5) is 15.5. The number of hydrogen-bond donors (Lipinski definition) is 1. The second kappa shape index (κ2) is 6.53. The number of carbonyl (C=O) groups is 1. The van der Waals surface area contributed by atoms with Crippen LogP contribution >= 0.6 is 15.9 Å². The summed E-state index contributed by atoms with van der Waals surface area (Å²) in [6, 6.07) is 3.34. The Kier molecular flexibility index (Phi) is 5.28. The highest BCUT2D eigenvalue weighted by atomic mass is 79.9. The molecule has 1 rings (SSSR count). The zero-order valence-corrected chi connectivity index (χ0v) is 10.1. The van der Waals surface area contributed by atoms with Gasteiger partial charge in [0.2, 0.25) is 0 Å². The third-order valence-corrected chi connectivity index (χ3v) is 2.16. The number of hydrogen-bond acceptors (Lipinski definition) is 3. The molecule has 15 heavy (non-hydrogen) atoms. The molecule has 5 heteroatoms. The molecule has 0 saturated heterocycles. The predicted octanol–water partition coefficient (Wildman–Crippen LogP) is 1.61. The Labute approximate surface area is 97.2 Å². The van der Waals surface area contributed by atoms with Crippen molar-refractivity contribution in [1.82, 2.24) is 10.3 Å². The van der Waals surface area contributed by atoms with Crippen LogP contribution in [0.2, 0.25) is 0 Å². The van der Waals surface area contributed by atoms with E-state index in [4.69, 9.17) is 4.74 Å². The Hall–Kier alpha value is -0.940. The number of rotatable bonds is 5. The number of carbonyl (C=O) groups excluding carboxylic acids is 1. The van der Waals surface area contributed by atoms with Crippen molar-refractivity contribution in [3.8, 4) is 0 Å². The molecule has 0 saturated carbocycles. The summed E-state index contributed by atoms with van der Waals surface area (Å²) in [6.07, 6.45) is 1.58. The van der Waals surface area contributed by atoms with Gasteiger partial charge in [-0.1, -0.05) is 0 Å². The summed E-state index contributed by atoms with van der Waals surface area (Å²) in [5.74, 6) is -0.113. The summed E-state index contributed by atoms with van der Waals surface area (Å²) in [5, 5.41) is 2.75. The SMILES string of the molecule is CCOCCNC(=O)c1ccnc(Br)c1. The maximum absolute atomic E-state index is 11.5. The molecule has 0 fully saturated rings. The summed E-state index contributed by atoms with van der Waals surface area (Å²) < 4.78 is 5.76. The van der Waals surface area contributed by atoms with Crippen LogP contribution in [-0.4, -0.2) is 30.6 Å². The van der Waals surface area contributed by atoms with Crippen molar-refractivity contribution in [2.45, 2.75) is 6.92 Å². The van der Waals surface area contributed by atoms with E-state index >= 15 is 0 Å². The first kappa shape index (κ1) is 12.1. The molecule has 0 radical (unpaired) electrons. The van der Waals surface area contributed by atoms with E-state index < -0.39 is 0 Å². The van der Waals surface area contributed by atoms with Crippen LogP contribution in [0.25, 0.3) is 0 Å². The molecule has 0 aromatic carbocycles. The lowest BCUT2D eigenvalue weighted by molar-refractivity contribution is 0.0922. The lowest BCUT2D eigenvalue weighted by Gasteiger charge is -2.05. The summed E-state index contributed by atoms with van der Waals surface area (Å²) in [6.45, 7) is 3.64. The molecule has 0 atom stereocenters. The maximum atomic E-state index is 11.5. The van der Waals surface area contributed by atoms with Crippen LogP contribution in [0.1, 0.15) is 17.3 Å². The highest BCUT2D eigenvalue weighted by Crippen LogP contribution is 2.07. The van der Waals surface area contributed by atoms with Crippen LogP contribution in [0.15, 0.2) is 22.9 Å². The molecule has 4 nitrogen and oxygen atoms in total. The second-order valence-corrected chi connectivity index (χ2v) is 3.63. The summed E-state index contributed by atoms with van der Waals surface area (Å²) in [7, 11) is 0. The van der Waals surface area contributed by atoms with Gasteiger partial charge in [-0.05, 0) is 35.0 Å². The number of aromatic nitrogens is 1. The molecular formula is C10H13BrN2O2. The minimum Gasteiger partial charge on any atom is -0.380 e. The van der Waals surface area contributed by atoms with Gasteiger partial charge in [-0.15, -0.1) is 0 Å². The van der Waals surface area contributed by atoms with Crippen LogP contribution < -0.4 is 5.32 Å². The van der Waals surface area contributed by atoms with E-state index in [1.807, 2.05) is 6.92 Å². The first-order chi connectivity index (χ1) is 7.24. The summed E-state index contributed by atoms with van der Waals surface area (Å²) >= 11 is 3.21. The first-order valence-corrected chi connectivity index (χ1v) is 5.51. The van der Waals surface area contributed by atoms with Crippen LogP contribution in [-0.2, 0) is 4.74 Å². The number of amides is 1. The Morgan fingerprint density at radius 1 is 1.67 bits per heavy atom. The fourth-order valence-corrected chi connectivity index (χ4v) is 1.39. The van der Waals surface area contributed by atoms with Gasteiger partial charge >= 0.3 is 0 Å². The molecule has 1 N–H and O–H groups in total. The molecule has 1 aromatic rings. The quantitative estimate of drug-likeness (QED) is 0.655. The molecule has 1 heterocycles. The zero-order valence-electron chi connectivity index (χ0n) is 8.50. The normalized spacial score (nSPS) is 10.0. The van der Waals surface area contributed by atoms with Gasteiger partial charge in [0.1, 0.15) is 4.60 Å². The number of nitrogens with zero attached hydrogens (tertiary/aromatic N) is 1. The van der Waals surface area contributed by atoms with Crippen LogP contribution in [0.4, 0.5) is 0 Å². The molecule has 0 unspecified atom stereocenters. The van der Waals surface area contributed by atoms with Gasteiger partial charge < -0.3 is 10.1 Å². The van der Waals surface area contributed by atoms with Crippen LogP contribution in [0, 0.1) is 0 Å². The lowest BCUT2D eigenvalue weighted by Crippen LogP contribution is -2.27. The van der Waals surface area contributed by atoms with Crippen LogP contribution in [0.5, 0.6) is 0 Å². The first-order valence-electron chi connectivity index (χ1n) is 4.71. The van der Waals surface area contributed by atoms with Gasteiger partial charge in [-0.25, -0.2) is 4.98 Å². The van der Waals surface area contributed by atoms with Gasteiger partial charge in [0.05, 0.1) is 6.61 Å². The van der Waals surface area contributed by atoms with Crippen molar-refractivity contribution in [1.29, 1.82) is 0 Å². The van der Waals surface area contributed by atoms with Crippen molar-refractivity contribution < 1.29 is 9.53 Å². The topological polar surface area (TPSA) is 51.2 Å². The van der Waals surface area contributed by atoms with Crippen molar-refractivity contribution in [2.75, 3.05) is 19.8 Å². The van der Waals surface area contributed by atoms with Gasteiger partial charge in [-0.2, -0.15) is 0 Å². The van der Waals surface area contributed by atoms with E-state index in [9.17, 15) is 4.79 Å². The Bertz CT molecular complexity index is 331. The lowest BCUT2D eigenvalue weighted by atomic mass is 10.2. The van der Waals surface area contributed by atoms with Crippen molar-refractivity contribution >= 4 is 21.8 Å². The number of nitrogens with one attached hydrogen (secondary N) is 1. The molecule has 0 bridgehead atoms. The van der Waals surface area contributed by atoms with Gasteiger partial charge in [0.15, 0.2) is 0 Å². The molecule has 0 aliphatic carbocycles. The highest BCUT2D eigenvalue weighted by Gasteiger charge is 2.04. The number of halogens is 1. The Balaban J connectivity index is 2.40. The zero-order chi connectivity index (χ0) is 11.1. The Morgan fingerprint density at radius 3 is 3.13 bits per heavy atom. The van der Waals surface area contributed by atoms with Crippen molar-refractivity contribution in [2.24, 2.45) is 0 Å². The smallest absolute Gasteiger partial charge is 0.251 e. The minimum absolute atomic E-state index is 0.113. The molecule has 1 aromatic heterocycles. The third kappa shape index (κ3) is 4.40. The highest BCUT2D eigenvalue weighted by molar-refractivity contribution is 9.10. The summed E-state index contributed by atoms with van der Waals surface area (Å²) in [5.41, 5.74) is 0.591. The third-order valence-electron chi connectivity index (χ3n) is 1.72. The van der Waals surface area contributed by atoms with E-state index in [0.29, 0.717) is 29.9 Å². The van der Waals surface area contributed by atoms with Crippen molar-refractivity contribution in [3.05, 3.63) is 28.5 Å².